The van der Waals surface area contributed by atoms with Gasteiger partial charge in [0, 0.05) is 11.3 Å². The molecule has 5 nitrogen and oxygen atoms in total. The van der Waals surface area contributed by atoms with Crippen LogP contribution in [0.1, 0.15) is 12.8 Å². The highest BCUT2D eigenvalue weighted by molar-refractivity contribution is 8.01. The molecule has 0 bridgehead atoms. The van der Waals surface area contributed by atoms with Gasteiger partial charge in [0.25, 0.3) is 0 Å². The van der Waals surface area contributed by atoms with Crippen LogP contribution in [0.4, 0.5) is 5.69 Å². The van der Waals surface area contributed by atoms with Gasteiger partial charge in [-0.05, 0) is 24.6 Å². The number of fused-ring (bicyclic) bond motifs is 1. The average Bonchev–Trinajstić information content (AvgIpc) is 2.35. The minimum atomic E-state index is -0.889. The third kappa shape index (κ3) is 2.76. The summed E-state index contributed by atoms with van der Waals surface area (Å²) in [6, 6.07) is 5.40. The summed E-state index contributed by atoms with van der Waals surface area (Å²) >= 11 is 1.38. The van der Waals surface area contributed by atoms with Gasteiger partial charge in [-0.1, -0.05) is 0 Å². The zero-order valence-electron chi connectivity index (χ0n) is 9.80. The van der Waals surface area contributed by atoms with Crippen molar-refractivity contribution in [3.8, 4) is 5.75 Å². The molecule has 0 saturated carbocycles. The second-order valence-corrected chi connectivity index (χ2v) is 5.13. The Labute approximate surface area is 109 Å². The second kappa shape index (κ2) is 5.30. The standard InChI is InChI=1S/C12H13NO4S/c1-17-7-2-3-8-10(6-7)18-9(12(16)13-8)4-5-11(14)15/h2-3,6,9H,4-5H2,1H3,(H,13,16)(H,14,15). The van der Waals surface area contributed by atoms with E-state index in [4.69, 9.17) is 9.84 Å². The van der Waals surface area contributed by atoms with Crippen molar-refractivity contribution in [2.24, 2.45) is 0 Å². The molecule has 96 valence electrons. The molecule has 1 aromatic carbocycles. The summed E-state index contributed by atoms with van der Waals surface area (Å²) in [7, 11) is 1.58. The summed E-state index contributed by atoms with van der Waals surface area (Å²) in [6.45, 7) is 0. The quantitative estimate of drug-likeness (QED) is 0.872. The molecular formula is C12H13NO4S. The first-order valence-electron chi connectivity index (χ1n) is 5.47. The topological polar surface area (TPSA) is 75.6 Å². The van der Waals surface area contributed by atoms with Crippen LogP contribution in [0.3, 0.4) is 0 Å². The Balaban J connectivity index is 2.14. The Hall–Kier alpha value is -1.69. The van der Waals surface area contributed by atoms with Crippen LogP contribution in [-0.4, -0.2) is 29.3 Å². The van der Waals surface area contributed by atoms with Crippen LogP contribution in [0.15, 0.2) is 23.1 Å². The highest BCUT2D eigenvalue weighted by Gasteiger charge is 2.27. The van der Waals surface area contributed by atoms with Crippen LogP contribution in [0, 0.1) is 0 Å². The van der Waals surface area contributed by atoms with Crippen molar-refractivity contribution in [1.82, 2.24) is 0 Å². The Kier molecular flexibility index (Phi) is 3.76. The number of carboxylic acid groups (broad SMARTS) is 1. The van der Waals surface area contributed by atoms with Gasteiger partial charge >= 0.3 is 5.97 Å². The molecular weight excluding hydrogens is 254 g/mol. The Morgan fingerprint density at radius 1 is 1.56 bits per heavy atom. The van der Waals surface area contributed by atoms with E-state index in [1.165, 1.54) is 11.8 Å². The fourth-order valence-corrected chi connectivity index (χ4v) is 2.83. The van der Waals surface area contributed by atoms with Crippen LogP contribution < -0.4 is 10.1 Å². The van der Waals surface area contributed by atoms with E-state index in [0.717, 1.165) is 16.3 Å². The molecule has 1 aromatic rings. The number of methoxy groups -OCH3 is 1. The van der Waals surface area contributed by atoms with Crippen molar-refractivity contribution in [3.05, 3.63) is 18.2 Å². The molecule has 0 spiro atoms. The molecule has 1 aliphatic heterocycles. The molecule has 1 aliphatic rings. The van der Waals surface area contributed by atoms with E-state index in [2.05, 4.69) is 5.32 Å². The summed E-state index contributed by atoms with van der Waals surface area (Å²) < 4.78 is 5.12. The van der Waals surface area contributed by atoms with Crippen LogP contribution in [0.25, 0.3) is 0 Å². The zero-order chi connectivity index (χ0) is 13.1. The predicted molar refractivity (Wildman–Crippen MR) is 68.1 cm³/mol. The van der Waals surface area contributed by atoms with E-state index in [-0.39, 0.29) is 17.6 Å². The first-order valence-corrected chi connectivity index (χ1v) is 6.35. The van der Waals surface area contributed by atoms with Crippen LogP contribution in [-0.2, 0) is 9.59 Å². The van der Waals surface area contributed by atoms with E-state index >= 15 is 0 Å². The van der Waals surface area contributed by atoms with Crippen molar-refractivity contribution in [3.63, 3.8) is 0 Å². The first-order chi connectivity index (χ1) is 8.60. The fourth-order valence-electron chi connectivity index (χ4n) is 1.70. The number of carbonyl (C=O) groups excluding carboxylic acids is 1. The number of ether oxygens (including phenoxy) is 1. The number of carboxylic acids is 1. The van der Waals surface area contributed by atoms with Crippen molar-refractivity contribution in [2.45, 2.75) is 23.0 Å². The molecule has 1 unspecified atom stereocenters. The van der Waals surface area contributed by atoms with Gasteiger partial charge in [-0.25, -0.2) is 0 Å². The lowest BCUT2D eigenvalue weighted by molar-refractivity contribution is -0.137. The minimum Gasteiger partial charge on any atom is -0.497 e. The largest absolute Gasteiger partial charge is 0.497 e. The number of benzene rings is 1. The minimum absolute atomic E-state index is 0.00954. The molecule has 0 aliphatic carbocycles. The molecule has 0 saturated heterocycles. The first kappa shape index (κ1) is 12.8. The number of hydrogen-bond donors (Lipinski definition) is 2. The molecule has 0 radical (unpaired) electrons. The summed E-state index contributed by atoms with van der Waals surface area (Å²) in [5.41, 5.74) is 0.748. The number of thioether (sulfide) groups is 1. The maximum atomic E-state index is 11.8. The van der Waals surface area contributed by atoms with Crippen LogP contribution in [0.2, 0.25) is 0 Å². The molecule has 2 rings (SSSR count). The number of anilines is 1. The molecule has 1 amide bonds. The highest BCUT2D eigenvalue weighted by atomic mass is 32.2. The smallest absolute Gasteiger partial charge is 0.303 e. The molecule has 1 atom stereocenters. The normalized spacial score (nSPS) is 17.8. The molecule has 1 heterocycles. The van der Waals surface area contributed by atoms with E-state index < -0.39 is 5.97 Å². The lowest BCUT2D eigenvalue weighted by Crippen LogP contribution is -2.29. The number of amides is 1. The fraction of sp³-hybridized carbons (Fsp3) is 0.333. The lowest BCUT2D eigenvalue weighted by Gasteiger charge is -2.23. The number of hydrogen-bond acceptors (Lipinski definition) is 4. The van der Waals surface area contributed by atoms with Gasteiger partial charge in [-0.15, -0.1) is 11.8 Å². The van der Waals surface area contributed by atoms with E-state index in [0.29, 0.717) is 6.42 Å². The summed E-state index contributed by atoms with van der Waals surface area (Å²) in [5.74, 6) is -0.312. The molecule has 6 heteroatoms. The Bertz CT molecular complexity index is 489. The summed E-state index contributed by atoms with van der Waals surface area (Å²) in [5, 5.41) is 11.1. The second-order valence-electron chi connectivity index (χ2n) is 3.89. The zero-order valence-corrected chi connectivity index (χ0v) is 10.6. The van der Waals surface area contributed by atoms with Gasteiger partial charge in [-0.2, -0.15) is 0 Å². The van der Waals surface area contributed by atoms with Gasteiger partial charge < -0.3 is 15.2 Å². The SMILES string of the molecule is COc1ccc2c(c1)SC(CCC(=O)O)C(=O)N2. The Morgan fingerprint density at radius 3 is 3.00 bits per heavy atom. The van der Waals surface area contributed by atoms with Crippen LogP contribution >= 0.6 is 11.8 Å². The third-order valence-corrected chi connectivity index (χ3v) is 3.95. The number of rotatable bonds is 4. The van der Waals surface area contributed by atoms with Crippen molar-refractivity contribution >= 4 is 29.3 Å². The van der Waals surface area contributed by atoms with Gasteiger partial charge in [-0.3, -0.25) is 9.59 Å². The maximum Gasteiger partial charge on any atom is 0.303 e. The maximum absolute atomic E-state index is 11.8. The van der Waals surface area contributed by atoms with E-state index in [9.17, 15) is 9.59 Å². The van der Waals surface area contributed by atoms with Crippen LogP contribution in [0.5, 0.6) is 5.75 Å². The van der Waals surface area contributed by atoms with Gasteiger partial charge in [0.05, 0.1) is 18.0 Å². The third-order valence-electron chi connectivity index (χ3n) is 2.63. The van der Waals surface area contributed by atoms with Gasteiger partial charge in [0.15, 0.2) is 0 Å². The monoisotopic (exact) mass is 267 g/mol. The molecule has 18 heavy (non-hydrogen) atoms. The number of carbonyl (C=O) groups is 2. The number of aliphatic carboxylic acids is 1. The highest BCUT2D eigenvalue weighted by Crippen LogP contribution is 2.39. The predicted octanol–water partition coefficient (Wildman–Crippen LogP) is 1.97. The molecule has 2 N–H and O–H groups in total. The van der Waals surface area contributed by atoms with Crippen molar-refractivity contribution < 1.29 is 19.4 Å². The molecule has 0 fully saturated rings. The van der Waals surface area contributed by atoms with E-state index in [1.807, 2.05) is 6.07 Å². The van der Waals surface area contributed by atoms with Crippen molar-refractivity contribution in [1.29, 1.82) is 0 Å². The number of nitrogens with one attached hydrogen (secondary N) is 1. The lowest BCUT2D eigenvalue weighted by atomic mass is 10.2. The summed E-state index contributed by atoms with van der Waals surface area (Å²) in [6.07, 6.45) is 0.312. The summed E-state index contributed by atoms with van der Waals surface area (Å²) in [4.78, 5) is 23.2. The van der Waals surface area contributed by atoms with Crippen molar-refractivity contribution in [2.75, 3.05) is 12.4 Å². The Morgan fingerprint density at radius 2 is 2.33 bits per heavy atom. The average molecular weight is 267 g/mol. The molecule has 0 aromatic heterocycles. The van der Waals surface area contributed by atoms with Gasteiger partial charge in [0.1, 0.15) is 5.75 Å². The van der Waals surface area contributed by atoms with Gasteiger partial charge in [0.2, 0.25) is 5.91 Å². The van der Waals surface area contributed by atoms with E-state index in [1.54, 1.807) is 19.2 Å².